The summed E-state index contributed by atoms with van der Waals surface area (Å²) in [6.07, 6.45) is 1.87. The Labute approximate surface area is 125 Å². The van der Waals surface area contributed by atoms with Crippen LogP contribution in [0.4, 0.5) is 0 Å². The number of nitrogens with two attached hydrogens (primary N) is 1. The fraction of sp³-hybridized carbons (Fsp3) is 0.312. The Bertz CT molecular complexity index is 566. The van der Waals surface area contributed by atoms with Gasteiger partial charge in [-0.15, -0.1) is 12.4 Å². The van der Waals surface area contributed by atoms with E-state index in [2.05, 4.69) is 6.92 Å². The van der Waals surface area contributed by atoms with E-state index in [-0.39, 0.29) is 18.4 Å². The number of halogens is 1. The van der Waals surface area contributed by atoms with Crippen LogP contribution in [0.1, 0.15) is 31.4 Å². The van der Waals surface area contributed by atoms with Gasteiger partial charge in [0.05, 0.1) is 6.61 Å². The van der Waals surface area contributed by atoms with Crippen molar-refractivity contribution in [3.63, 3.8) is 0 Å². The van der Waals surface area contributed by atoms with E-state index in [1.165, 1.54) is 0 Å². The van der Waals surface area contributed by atoms with Crippen LogP contribution >= 0.6 is 12.4 Å². The number of fused-ring (bicyclic) bond motifs is 1. The van der Waals surface area contributed by atoms with Gasteiger partial charge in [-0.25, -0.2) is 4.79 Å². The summed E-state index contributed by atoms with van der Waals surface area (Å²) in [6, 6.07) is 13.0. The molecule has 0 spiro atoms. The van der Waals surface area contributed by atoms with Crippen molar-refractivity contribution >= 4 is 29.1 Å². The van der Waals surface area contributed by atoms with E-state index in [9.17, 15) is 4.79 Å². The van der Waals surface area contributed by atoms with Crippen LogP contribution in [0.15, 0.2) is 42.5 Å². The lowest BCUT2D eigenvalue weighted by Crippen LogP contribution is -2.24. The molecule has 0 fully saturated rings. The van der Waals surface area contributed by atoms with Crippen LogP contribution < -0.4 is 5.73 Å². The number of esters is 1. The van der Waals surface area contributed by atoms with Gasteiger partial charge in [0.25, 0.3) is 0 Å². The molecule has 2 aromatic carbocycles. The number of ether oxygens (including phenoxy) is 1. The summed E-state index contributed by atoms with van der Waals surface area (Å²) < 4.78 is 5.18. The summed E-state index contributed by atoms with van der Waals surface area (Å²) in [5.74, 6) is -0.357. The summed E-state index contributed by atoms with van der Waals surface area (Å²) in [5, 5.41) is 2.08. The molecule has 3 nitrogen and oxygen atoms in total. The second kappa shape index (κ2) is 7.88. The van der Waals surface area contributed by atoms with Gasteiger partial charge < -0.3 is 10.5 Å². The quantitative estimate of drug-likeness (QED) is 0.677. The van der Waals surface area contributed by atoms with Crippen molar-refractivity contribution in [2.24, 2.45) is 5.73 Å². The summed E-state index contributed by atoms with van der Waals surface area (Å²) in [7, 11) is 0. The number of carbonyl (C=O) groups excluding carboxylic acids is 1. The van der Waals surface area contributed by atoms with E-state index >= 15 is 0 Å². The molecule has 1 atom stereocenters. The number of benzene rings is 2. The summed E-state index contributed by atoms with van der Waals surface area (Å²) in [6.45, 7) is 2.49. The molecule has 0 aromatic heterocycles. The van der Waals surface area contributed by atoms with Crippen LogP contribution in [0.3, 0.4) is 0 Å². The SMILES string of the molecule is CCCCOC(=O)C(N)c1cccc2ccccc12.Cl. The van der Waals surface area contributed by atoms with Crippen LogP contribution in [-0.4, -0.2) is 12.6 Å². The van der Waals surface area contributed by atoms with Crippen molar-refractivity contribution in [2.75, 3.05) is 6.61 Å². The monoisotopic (exact) mass is 293 g/mol. The molecule has 0 aliphatic carbocycles. The summed E-state index contributed by atoms with van der Waals surface area (Å²) in [4.78, 5) is 11.9. The zero-order valence-electron chi connectivity index (χ0n) is 11.5. The molecule has 0 amide bonds. The van der Waals surface area contributed by atoms with E-state index in [1.54, 1.807) is 0 Å². The smallest absolute Gasteiger partial charge is 0.327 e. The highest BCUT2D eigenvalue weighted by atomic mass is 35.5. The van der Waals surface area contributed by atoms with Crippen molar-refractivity contribution in [1.29, 1.82) is 0 Å². The predicted molar refractivity (Wildman–Crippen MR) is 84.0 cm³/mol. The highest BCUT2D eigenvalue weighted by Gasteiger charge is 2.19. The first kappa shape index (κ1) is 16.5. The van der Waals surface area contributed by atoms with Gasteiger partial charge in [-0.1, -0.05) is 55.8 Å². The highest BCUT2D eigenvalue weighted by molar-refractivity contribution is 5.90. The van der Waals surface area contributed by atoms with E-state index in [4.69, 9.17) is 10.5 Å². The number of hydrogen-bond donors (Lipinski definition) is 1. The average molecular weight is 294 g/mol. The van der Waals surface area contributed by atoms with Crippen molar-refractivity contribution in [2.45, 2.75) is 25.8 Å². The van der Waals surface area contributed by atoms with Gasteiger partial charge in [-0.3, -0.25) is 0 Å². The number of rotatable bonds is 5. The fourth-order valence-corrected chi connectivity index (χ4v) is 2.06. The number of carbonyl (C=O) groups is 1. The molecular weight excluding hydrogens is 274 g/mol. The van der Waals surface area contributed by atoms with Crippen molar-refractivity contribution in [3.05, 3.63) is 48.0 Å². The molecule has 2 N–H and O–H groups in total. The van der Waals surface area contributed by atoms with Gasteiger partial charge in [-0.2, -0.15) is 0 Å². The highest BCUT2D eigenvalue weighted by Crippen LogP contribution is 2.23. The van der Waals surface area contributed by atoms with Crippen molar-refractivity contribution < 1.29 is 9.53 Å². The zero-order valence-corrected chi connectivity index (χ0v) is 12.4. The average Bonchev–Trinajstić information content (AvgIpc) is 2.46. The Hall–Kier alpha value is -1.58. The first-order valence-corrected chi connectivity index (χ1v) is 6.64. The van der Waals surface area contributed by atoms with Gasteiger partial charge in [0.15, 0.2) is 0 Å². The molecule has 1 unspecified atom stereocenters. The van der Waals surface area contributed by atoms with Crippen LogP contribution in [0, 0.1) is 0 Å². The van der Waals surface area contributed by atoms with Crippen LogP contribution in [0.2, 0.25) is 0 Å². The van der Waals surface area contributed by atoms with Crippen molar-refractivity contribution in [3.8, 4) is 0 Å². The lowest BCUT2D eigenvalue weighted by atomic mass is 9.99. The largest absolute Gasteiger partial charge is 0.464 e. The third-order valence-corrected chi connectivity index (χ3v) is 3.15. The van der Waals surface area contributed by atoms with Crippen LogP contribution in [0.5, 0.6) is 0 Å². The first-order chi connectivity index (χ1) is 9.24. The number of hydrogen-bond acceptors (Lipinski definition) is 3. The maximum absolute atomic E-state index is 11.9. The maximum atomic E-state index is 11.9. The minimum Gasteiger partial charge on any atom is -0.464 e. The zero-order chi connectivity index (χ0) is 13.7. The minimum absolute atomic E-state index is 0. The van der Waals surface area contributed by atoms with Gasteiger partial charge in [-0.05, 0) is 22.8 Å². The van der Waals surface area contributed by atoms with Crippen LogP contribution in [-0.2, 0) is 9.53 Å². The third kappa shape index (κ3) is 3.71. The molecule has 2 rings (SSSR count). The first-order valence-electron chi connectivity index (χ1n) is 6.64. The van der Waals surface area contributed by atoms with E-state index in [0.717, 1.165) is 29.2 Å². The Morgan fingerprint density at radius 3 is 2.65 bits per heavy atom. The van der Waals surface area contributed by atoms with Gasteiger partial charge >= 0.3 is 5.97 Å². The van der Waals surface area contributed by atoms with Crippen molar-refractivity contribution in [1.82, 2.24) is 0 Å². The molecule has 20 heavy (non-hydrogen) atoms. The molecule has 0 aliphatic rings. The molecule has 0 radical (unpaired) electrons. The lowest BCUT2D eigenvalue weighted by molar-refractivity contribution is -0.145. The van der Waals surface area contributed by atoms with Crippen LogP contribution in [0.25, 0.3) is 10.8 Å². The Kier molecular flexibility index (Phi) is 6.49. The van der Waals surface area contributed by atoms with E-state index in [1.807, 2.05) is 42.5 Å². The second-order valence-electron chi connectivity index (χ2n) is 4.57. The molecule has 108 valence electrons. The predicted octanol–water partition coefficient (Wildman–Crippen LogP) is 3.60. The summed E-state index contributed by atoms with van der Waals surface area (Å²) >= 11 is 0. The molecule has 0 bridgehead atoms. The maximum Gasteiger partial charge on any atom is 0.327 e. The minimum atomic E-state index is -0.719. The molecule has 0 saturated carbocycles. The topological polar surface area (TPSA) is 52.3 Å². The summed E-state index contributed by atoms with van der Waals surface area (Å²) in [5.41, 5.74) is 6.83. The fourth-order valence-electron chi connectivity index (χ4n) is 2.06. The van der Waals surface area contributed by atoms with Gasteiger partial charge in [0.1, 0.15) is 6.04 Å². The molecule has 2 aromatic rings. The number of unbranched alkanes of at least 4 members (excludes halogenated alkanes) is 1. The molecule has 0 saturated heterocycles. The second-order valence-corrected chi connectivity index (χ2v) is 4.57. The molecule has 0 heterocycles. The van der Waals surface area contributed by atoms with E-state index < -0.39 is 6.04 Å². The standard InChI is InChI=1S/C16H19NO2.ClH/c1-2-3-11-19-16(18)15(17)14-10-6-8-12-7-4-5-9-13(12)14;/h4-10,15H,2-3,11,17H2,1H3;1H. The lowest BCUT2D eigenvalue weighted by Gasteiger charge is -2.14. The Balaban J connectivity index is 0.00000200. The molecular formula is C16H20ClNO2. The van der Waals surface area contributed by atoms with Gasteiger partial charge in [0.2, 0.25) is 0 Å². The van der Waals surface area contributed by atoms with Gasteiger partial charge in [0, 0.05) is 0 Å². The molecule has 4 heteroatoms. The molecule has 0 aliphatic heterocycles. The van der Waals surface area contributed by atoms with E-state index in [0.29, 0.717) is 6.61 Å². The Morgan fingerprint density at radius 2 is 1.90 bits per heavy atom. The third-order valence-electron chi connectivity index (χ3n) is 3.15. The Morgan fingerprint density at radius 1 is 1.20 bits per heavy atom. The normalized spacial score (nSPS) is 11.7.